The van der Waals surface area contributed by atoms with E-state index in [2.05, 4.69) is 27.1 Å². The fraction of sp³-hybridized carbons (Fsp3) is 0.667. The summed E-state index contributed by atoms with van der Waals surface area (Å²) in [6.45, 7) is 1.74. The average molecular weight is 506 g/mol. The normalized spacial score (nSPS) is 31.2. The van der Waals surface area contributed by atoms with E-state index in [0.717, 1.165) is 38.4 Å². The van der Waals surface area contributed by atoms with Crippen LogP contribution in [0.15, 0.2) is 23.1 Å². The van der Waals surface area contributed by atoms with Gasteiger partial charge in [0.1, 0.15) is 6.17 Å². The fourth-order valence-corrected chi connectivity index (χ4v) is 6.79. The molecule has 0 aromatic heterocycles. The molecule has 2 saturated heterocycles. The predicted molar refractivity (Wildman–Crippen MR) is 129 cm³/mol. The number of benzene rings is 1. The van der Waals surface area contributed by atoms with E-state index in [9.17, 15) is 28.7 Å². The quantitative estimate of drug-likeness (QED) is 0.362. The van der Waals surface area contributed by atoms with E-state index in [-0.39, 0.29) is 47.4 Å². The molecule has 192 valence electrons. The van der Waals surface area contributed by atoms with Crippen LogP contribution in [0, 0.1) is 23.2 Å². The van der Waals surface area contributed by atoms with Crippen molar-refractivity contribution >= 4 is 21.4 Å². The highest BCUT2D eigenvalue weighted by atomic mass is 32.2. The molecule has 11 heteroatoms. The number of hydrazine groups is 1. The minimum Gasteiger partial charge on any atom is -0.396 e. The number of anilines is 1. The van der Waals surface area contributed by atoms with Crippen LogP contribution in [0.5, 0.6) is 0 Å². The average Bonchev–Trinajstić information content (AvgIpc) is 3.17. The van der Waals surface area contributed by atoms with Crippen LogP contribution in [0.25, 0.3) is 0 Å². The lowest BCUT2D eigenvalue weighted by atomic mass is 9.83. The Hall–Kier alpha value is -2.23. The number of carbonyl (C=O) groups excluding carboxylic acids is 1. The van der Waals surface area contributed by atoms with Crippen molar-refractivity contribution in [2.75, 3.05) is 24.7 Å². The minimum atomic E-state index is -3.63. The number of fused-ring (bicyclic) bond motifs is 1. The Morgan fingerprint density at radius 2 is 2.00 bits per heavy atom. The van der Waals surface area contributed by atoms with Crippen LogP contribution in [0.2, 0.25) is 0 Å². The first kappa shape index (κ1) is 25.9. The zero-order valence-corrected chi connectivity index (χ0v) is 21.0. The molecule has 4 rings (SSSR count). The standard InChI is InChI=1S/C24H35N5O5S/c1-24(32,10-12-30)17-13-16(7-8-20(17)35(2,33)34)27-22-21-19(9-11-26-23(21)31)29(28-22)18-6-4-3-5-15(18)14-25/h7-8,13,15,18-19,21-22,27-28,30,32H,3-6,9-12H2,1-2H3,(H,26,31)/t15-,18+,19?,21?,22?,24?/m1/s1. The number of aliphatic hydroxyl groups is 2. The van der Waals surface area contributed by atoms with Gasteiger partial charge in [-0.2, -0.15) is 5.26 Å². The monoisotopic (exact) mass is 505 g/mol. The number of piperidine rings is 1. The molecule has 3 fully saturated rings. The number of nitrogens with zero attached hydrogens (tertiary/aromatic N) is 2. The van der Waals surface area contributed by atoms with E-state index in [1.165, 1.54) is 13.0 Å². The molecule has 35 heavy (non-hydrogen) atoms. The third kappa shape index (κ3) is 5.17. The van der Waals surface area contributed by atoms with Crippen LogP contribution in [0.3, 0.4) is 0 Å². The fourth-order valence-electron chi connectivity index (χ4n) is 5.79. The van der Waals surface area contributed by atoms with Crippen molar-refractivity contribution in [3.8, 4) is 6.07 Å². The number of sulfone groups is 1. The Bertz CT molecular complexity index is 1100. The van der Waals surface area contributed by atoms with Gasteiger partial charge in [-0.25, -0.2) is 18.9 Å². The summed E-state index contributed by atoms with van der Waals surface area (Å²) in [6, 6.07) is 7.04. The Labute approximate surface area is 206 Å². The summed E-state index contributed by atoms with van der Waals surface area (Å²) in [5.74, 6) is -0.575. The first-order chi connectivity index (χ1) is 16.6. The van der Waals surface area contributed by atoms with Gasteiger partial charge in [0, 0.05) is 49.2 Å². The van der Waals surface area contributed by atoms with Gasteiger partial charge in [0.15, 0.2) is 9.84 Å². The summed E-state index contributed by atoms with van der Waals surface area (Å²) >= 11 is 0. The van der Waals surface area contributed by atoms with Crippen LogP contribution >= 0.6 is 0 Å². The lowest BCUT2D eigenvalue weighted by Crippen LogP contribution is -2.54. The maximum Gasteiger partial charge on any atom is 0.228 e. The predicted octanol–water partition coefficient (Wildman–Crippen LogP) is 0.825. The summed E-state index contributed by atoms with van der Waals surface area (Å²) < 4.78 is 24.8. The second kappa shape index (κ2) is 10.0. The van der Waals surface area contributed by atoms with Gasteiger partial charge in [0.2, 0.25) is 5.91 Å². The minimum absolute atomic E-state index is 0.00476. The van der Waals surface area contributed by atoms with Crippen molar-refractivity contribution in [3.63, 3.8) is 0 Å². The number of rotatable bonds is 7. The lowest BCUT2D eigenvalue weighted by Gasteiger charge is -2.39. The van der Waals surface area contributed by atoms with Crippen molar-refractivity contribution in [1.29, 1.82) is 5.26 Å². The zero-order chi connectivity index (χ0) is 25.4. The summed E-state index contributed by atoms with van der Waals surface area (Å²) in [5, 5.41) is 38.5. The number of hydrogen-bond donors (Lipinski definition) is 5. The second-order valence-corrected chi connectivity index (χ2v) is 12.1. The molecular formula is C24H35N5O5S. The van der Waals surface area contributed by atoms with Gasteiger partial charge in [-0.3, -0.25) is 4.79 Å². The van der Waals surface area contributed by atoms with Crippen LogP contribution < -0.4 is 16.1 Å². The van der Waals surface area contributed by atoms with Crippen LogP contribution in [-0.4, -0.2) is 67.2 Å². The molecule has 1 aliphatic carbocycles. The van der Waals surface area contributed by atoms with E-state index in [0.29, 0.717) is 12.2 Å². The molecule has 1 saturated carbocycles. The van der Waals surface area contributed by atoms with E-state index < -0.39 is 27.5 Å². The first-order valence-corrected chi connectivity index (χ1v) is 14.1. The third-order valence-corrected chi connectivity index (χ3v) is 8.75. The molecule has 2 aliphatic heterocycles. The number of amides is 1. The SMILES string of the molecule is CC(O)(CCO)c1cc(NC2NN([C@H]3CCCC[C@@H]3C#N)C3CCNC(=O)C23)ccc1S(C)(=O)=O. The highest BCUT2D eigenvalue weighted by molar-refractivity contribution is 7.90. The van der Waals surface area contributed by atoms with E-state index >= 15 is 0 Å². The highest BCUT2D eigenvalue weighted by Crippen LogP contribution is 2.37. The van der Waals surface area contributed by atoms with Crippen LogP contribution in [-0.2, 0) is 20.2 Å². The highest BCUT2D eigenvalue weighted by Gasteiger charge is 2.51. The molecule has 2 heterocycles. The molecule has 5 N–H and O–H groups in total. The van der Waals surface area contributed by atoms with Crippen molar-refractivity contribution in [1.82, 2.24) is 15.8 Å². The van der Waals surface area contributed by atoms with Gasteiger partial charge in [0.05, 0.1) is 28.4 Å². The molecule has 6 atom stereocenters. The number of nitriles is 1. The summed E-state index contributed by atoms with van der Waals surface area (Å²) in [5.41, 5.74) is 2.64. The summed E-state index contributed by atoms with van der Waals surface area (Å²) in [7, 11) is -3.63. The molecule has 1 aromatic carbocycles. The lowest BCUT2D eigenvalue weighted by molar-refractivity contribution is -0.128. The third-order valence-electron chi connectivity index (χ3n) is 7.59. The molecule has 0 radical (unpaired) electrons. The Morgan fingerprint density at radius 1 is 1.26 bits per heavy atom. The summed E-state index contributed by atoms with van der Waals surface area (Å²) in [6.07, 6.45) is 5.15. The molecule has 0 spiro atoms. The van der Waals surface area contributed by atoms with Gasteiger partial charge in [-0.05, 0) is 44.4 Å². The van der Waals surface area contributed by atoms with Crippen LogP contribution in [0.4, 0.5) is 5.69 Å². The van der Waals surface area contributed by atoms with Gasteiger partial charge in [-0.1, -0.05) is 12.8 Å². The largest absolute Gasteiger partial charge is 0.396 e. The molecule has 10 nitrogen and oxygen atoms in total. The second-order valence-electron chi connectivity index (χ2n) is 10.1. The zero-order valence-electron chi connectivity index (χ0n) is 20.2. The molecule has 3 aliphatic rings. The van der Waals surface area contributed by atoms with Crippen molar-refractivity contribution in [3.05, 3.63) is 23.8 Å². The molecule has 4 unspecified atom stereocenters. The smallest absolute Gasteiger partial charge is 0.228 e. The molecule has 1 aromatic rings. The van der Waals surface area contributed by atoms with Crippen molar-refractivity contribution in [2.45, 2.75) is 74.2 Å². The number of nitrogens with one attached hydrogen (secondary N) is 3. The Balaban J connectivity index is 1.66. The van der Waals surface area contributed by atoms with Gasteiger partial charge < -0.3 is 20.8 Å². The van der Waals surface area contributed by atoms with Crippen LogP contribution in [0.1, 0.15) is 51.0 Å². The molecule has 0 bridgehead atoms. The number of hydrogen-bond acceptors (Lipinski definition) is 9. The molecule has 1 amide bonds. The Morgan fingerprint density at radius 3 is 2.69 bits per heavy atom. The number of aliphatic hydroxyl groups excluding tert-OH is 1. The van der Waals surface area contributed by atoms with E-state index in [4.69, 9.17) is 0 Å². The van der Waals surface area contributed by atoms with Gasteiger partial charge >= 0.3 is 0 Å². The maximum atomic E-state index is 12.9. The Kier molecular flexibility index (Phi) is 7.41. The van der Waals surface area contributed by atoms with E-state index in [1.54, 1.807) is 12.1 Å². The first-order valence-electron chi connectivity index (χ1n) is 12.2. The molecular weight excluding hydrogens is 470 g/mol. The topological polar surface area (TPSA) is 155 Å². The number of carbonyl (C=O) groups is 1. The van der Waals surface area contributed by atoms with Gasteiger partial charge in [-0.15, -0.1) is 0 Å². The summed E-state index contributed by atoms with van der Waals surface area (Å²) in [4.78, 5) is 12.9. The van der Waals surface area contributed by atoms with Crippen molar-refractivity contribution in [2.24, 2.45) is 11.8 Å². The maximum absolute atomic E-state index is 12.9. The van der Waals surface area contributed by atoms with Gasteiger partial charge in [0.25, 0.3) is 0 Å². The van der Waals surface area contributed by atoms with E-state index in [1.807, 2.05) is 0 Å². The van der Waals surface area contributed by atoms with Crippen molar-refractivity contribution < 1.29 is 23.4 Å².